The molecular formula is C15H19N5O. The van der Waals surface area contributed by atoms with Crippen LogP contribution in [0.2, 0.25) is 0 Å². The molecule has 1 amide bonds. The molecule has 0 spiro atoms. The highest BCUT2D eigenvalue weighted by molar-refractivity contribution is 5.82. The highest BCUT2D eigenvalue weighted by Gasteiger charge is 2.26. The van der Waals surface area contributed by atoms with Crippen LogP contribution in [0.1, 0.15) is 22.8 Å². The van der Waals surface area contributed by atoms with Crippen molar-refractivity contribution in [3.8, 4) is 0 Å². The highest BCUT2D eigenvalue weighted by Crippen LogP contribution is 2.17. The number of amides is 1. The number of carbonyl (C=O) groups excluding carboxylic acids is 1. The molecule has 6 heteroatoms. The first-order chi connectivity index (χ1) is 10.1. The monoisotopic (exact) mass is 285 g/mol. The van der Waals surface area contributed by atoms with Gasteiger partial charge < -0.3 is 10.2 Å². The summed E-state index contributed by atoms with van der Waals surface area (Å²) in [5.74, 6) is 1.47. The molecule has 6 nitrogen and oxygen atoms in total. The van der Waals surface area contributed by atoms with Crippen LogP contribution in [0.3, 0.4) is 0 Å². The van der Waals surface area contributed by atoms with Crippen molar-refractivity contribution >= 4 is 5.91 Å². The Kier molecular flexibility index (Phi) is 3.70. The van der Waals surface area contributed by atoms with Crippen molar-refractivity contribution in [2.75, 3.05) is 7.05 Å². The Morgan fingerprint density at radius 2 is 2.14 bits per heavy atom. The van der Waals surface area contributed by atoms with Crippen molar-refractivity contribution in [2.24, 2.45) is 0 Å². The number of nitrogens with one attached hydrogen (secondary N) is 2. The predicted octanol–water partition coefficient (Wildman–Crippen LogP) is 0.786. The van der Waals surface area contributed by atoms with Gasteiger partial charge in [-0.1, -0.05) is 24.3 Å². The molecule has 0 saturated heterocycles. The van der Waals surface area contributed by atoms with Crippen molar-refractivity contribution in [3.05, 3.63) is 47.0 Å². The number of likely N-dealkylation sites (N-methyl/N-ethyl adjacent to an activating group) is 1. The average Bonchev–Trinajstić information content (AvgIpc) is 2.91. The number of H-pyrrole nitrogens is 1. The van der Waals surface area contributed by atoms with Crippen LogP contribution in [0.5, 0.6) is 0 Å². The molecular weight excluding hydrogens is 266 g/mol. The summed E-state index contributed by atoms with van der Waals surface area (Å²) in [4.78, 5) is 18.4. The molecule has 0 fully saturated rings. The van der Waals surface area contributed by atoms with Crippen LogP contribution >= 0.6 is 0 Å². The molecule has 21 heavy (non-hydrogen) atoms. The average molecular weight is 285 g/mol. The third-order valence-electron chi connectivity index (χ3n) is 3.78. The second-order valence-corrected chi connectivity index (χ2v) is 5.44. The Labute approximate surface area is 123 Å². The molecule has 2 aromatic rings. The quantitative estimate of drug-likeness (QED) is 0.874. The van der Waals surface area contributed by atoms with Gasteiger partial charge in [-0.05, 0) is 24.5 Å². The molecule has 1 aromatic heterocycles. The number of nitrogens with zero attached hydrogens (tertiary/aromatic N) is 3. The molecule has 1 atom stereocenters. The minimum Gasteiger partial charge on any atom is -0.337 e. The summed E-state index contributed by atoms with van der Waals surface area (Å²) in [5.41, 5.74) is 2.52. The van der Waals surface area contributed by atoms with Crippen molar-refractivity contribution in [3.63, 3.8) is 0 Å². The Balaban J connectivity index is 1.66. The molecule has 0 unspecified atom stereocenters. The van der Waals surface area contributed by atoms with E-state index in [0.29, 0.717) is 12.4 Å². The Bertz CT molecular complexity index is 651. The maximum absolute atomic E-state index is 12.5. The largest absolute Gasteiger partial charge is 0.337 e. The number of fused-ring (bicyclic) bond motifs is 1. The molecule has 0 saturated carbocycles. The van der Waals surface area contributed by atoms with Crippen LogP contribution < -0.4 is 5.32 Å². The minimum absolute atomic E-state index is 0.0759. The van der Waals surface area contributed by atoms with E-state index in [0.717, 1.165) is 18.8 Å². The van der Waals surface area contributed by atoms with Crippen LogP contribution in [0.15, 0.2) is 24.3 Å². The number of rotatable bonds is 3. The van der Waals surface area contributed by atoms with Crippen molar-refractivity contribution in [1.29, 1.82) is 0 Å². The molecule has 1 aliphatic rings. The number of benzene rings is 1. The van der Waals surface area contributed by atoms with E-state index in [-0.39, 0.29) is 11.9 Å². The number of hydrogen-bond acceptors (Lipinski definition) is 4. The van der Waals surface area contributed by atoms with E-state index in [1.165, 1.54) is 11.1 Å². The van der Waals surface area contributed by atoms with Gasteiger partial charge in [0.05, 0.1) is 12.6 Å². The SMILES string of the molecule is Cc1nc(CN(C)C(=O)[C@@H]2Cc3ccccc3CN2)n[nH]1. The van der Waals surface area contributed by atoms with E-state index >= 15 is 0 Å². The van der Waals surface area contributed by atoms with Gasteiger partial charge in [0.15, 0.2) is 5.82 Å². The fraction of sp³-hybridized carbons (Fsp3) is 0.400. The van der Waals surface area contributed by atoms with Gasteiger partial charge in [-0.2, -0.15) is 5.10 Å². The number of hydrogen-bond donors (Lipinski definition) is 2. The fourth-order valence-electron chi connectivity index (χ4n) is 2.64. The predicted molar refractivity (Wildman–Crippen MR) is 78.4 cm³/mol. The first kappa shape index (κ1) is 13.8. The summed E-state index contributed by atoms with van der Waals surface area (Å²) in [6.07, 6.45) is 0.729. The minimum atomic E-state index is -0.176. The zero-order valence-corrected chi connectivity index (χ0v) is 12.3. The number of aryl methyl sites for hydroxylation is 1. The standard InChI is InChI=1S/C15H19N5O/c1-10-17-14(19-18-10)9-20(2)15(21)13-7-11-5-3-4-6-12(11)8-16-13/h3-6,13,16H,7-9H2,1-2H3,(H,17,18,19)/t13-/m0/s1. The van der Waals surface area contributed by atoms with Crippen molar-refractivity contribution < 1.29 is 4.79 Å². The van der Waals surface area contributed by atoms with Crippen molar-refractivity contribution in [2.45, 2.75) is 32.5 Å². The summed E-state index contributed by atoms with van der Waals surface area (Å²) in [7, 11) is 1.79. The molecule has 2 heterocycles. The molecule has 1 aromatic carbocycles. The molecule has 1 aliphatic heterocycles. The normalized spacial score (nSPS) is 17.3. The van der Waals surface area contributed by atoms with Gasteiger partial charge >= 0.3 is 0 Å². The van der Waals surface area contributed by atoms with E-state index in [1.54, 1.807) is 11.9 Å². The van der Waals surface area contributed by atoms with Gasteiger partial charge in [0.2, 0.25) is 5.91 Å². The van der Waals surface area contributed by atoms with Crippen LogP contribution in [0.25, 0.3) is 0 Å². The molecule has 2 N–H and O–H groups in total. The third-order valence-corrected chi connectivity index (χ3v) is 3.78. The van der Waals surface area contributed by atoms with Crippen LogP contribution in [0, 0.1) is 6.92 Å². The number of aromatic nitrogens is 3. The maximum atomic E-state index is 12.5. The number of carbonyl (C=O) groups is 1. The molecule has 3 rings (SSSR count). The van der Waals surface area contributed by atoms with E-state index in [2.05, 4.69) is 32.6 Å². The Hall–Kier alpha value is -2.21. The first-order valence-electron chi connectivity index (χ1n) is 7.06. The van der Waals surface area contributed by atoms with Crippen LogP contribution in [-0.4, -0.2) is 39.1 Å². The van der Waals surface area contributed by atoms with Gasteiger partial charge in [0.25, 0.3) is 0 Å². The van der Waals surface area contributed by atoms with Gasteiger partial charge in [0.1, 0.15) is 5.82 Å². The third kappa shape index (κ3) is 2.95. The van der Waals surface area contributed by atoms with Crippen LogP contribution in [-0.2, 0) is 24.3 Å². The maximum Gasteiger partial charge on any atom is 0.240 e. The lowest BCUT2D eigenvalue weighted by atomic mass is 9.95. The van der Waals surface area contributed by atoms with Crippen LogP contribution in [0.4, 0.5) is 0 Å². The lowest BCUT2D eigenvalue weighted by Gasteiger charge is -2.28. The molecule has 0 radical (unpaired) electrons. The number of aromatic amines is 1. The molecule has 110 valence electrons. The van der Waals surface area contributed by atoms with Gasteiger partial charge in [-0.25, -0.2) is 4.98 Å². The summed E-state index contributed by atoms with van der Waals surface area (Å²) in [6.45, 7) is 3.00. The summed E-state index contributed by atoms with van der Waals surface area (Å²) in [5, 5.41) is 10.2. The second kappa shape index (κ2) is 5.65. The lowest BCUT2D eigenvalue weighted by Crippen LogP contribution is -2.48. The Morgan fingerprint density at radius 1 is 1.38 bits per heavy atom. The van der Waals surface area contributed by atoms with Gasteiger partial charge in [-0.3, -0.25) is 9.89 Å². The van der Waals surface area contributed by atoms with E-state index in [4.69, 9.17) is 0 Å². The summed E-state index contributed by atoms with van der Waals surface area (Å²) >= 11 is 0. The van der Waals surface area contributed by atoms with E-state index in [9.17, 15) is 4.79 Å². The Morgan fingerprint density at radius 3 is 2.86 bits per heavy atom. The van der Waals surface area contributed by atoms with E-state index < -0.39 is 0 Å². The van der Waals surface area contributed by atoms with E-state index in [1.807, 2.05) is 19.1 Å². The fourth-order valence-corrected chi connectivity index (χ4v) is 2.64. The summed E-state index contributed by atoms with van der Waals surface area (Å²) in [6, 6.07) is 8.06. The van der Waals surface area contributed by atoms with Gasteiger partial charge in [-0.15, -0.1) is 0 Å². The smallest absolute Gasteiger partial charge is 0.240 e. The second-order valence-electron chi connectivity index (χ2n) is 5.44. The molecule has 0 bridgehead atoms. The molecule has 0 aliphatic carbocycles. The first-order valence-corrected chi connectivity index (χ1v) is 7.06. The van der Waals surface area contributed by atoms with Gasteiger partial charge in [0, 0.05) is 13.6 Å². The topological polar surface area (TPSA) is 73.9 Å². The summed E-state index contributed by atoms with van der Waals surface area (Å²) < 4.78 is 0. The lowest BCUT2D eigenvalue weighted by molar-refractivity contribution is -0.133. The highest BCUT2D eigenvalue weighted by atomic mass is 16.2. The zero-order valence-electron chi connectivity index (χ0n) is 12.3. The zero-order chi connectivity index (χ0) is 14.8. The van der Waals surface area contributed by atoms with Crippen molar-refractivity contribution in [1.82, 2.24) is 25.4 Å².